The quantitative estimate of drug-likeness (QED) is 0.778. The van der Waals surface area contributed by atoms with E-state index in [0.717, 1.165) is 12.8 Å². The van der Waals surface area contributed by atoms with Crippen LogP contribution in [0.3, 0.4) is 0 Å². The highest BCUT2D eigenvalue weighted by atomic mass is 35.5. The average Bonchev–Trinajstić information content (AvgIpc) is 2.66. The Morgan fingerprint density at radius 3 is 2.25 bits per heavy atom. The topological polar surface area (TPSA) is 34.1 Å². The highest BCUT2D eigenvalue weighted by molar-refractivity contribution is 7.92. The Labute approximate surface area is 105 Å². The SMILES string of the molecule is O=S(=O)(c1ccc(Cl)cc1)[C@@H]1CCC[C@H]1Cl. The Hall–Kier alpha value is -0.250. The maximum absolute atomic E-state index is 12.2. The number of benzene rings is 1. The number of hydrogen-bond acceptors (Lipinski definition) is 2. The Balaban J connectivity index is 2.35. The molecule has 0 amide bonds. The molecule has 0 spiro atoms. The second kappa shape index (κ2) is 4.55. The van der Waals surface area contributed by atoms with Crippen LogP contribution in [0.1, 0.15) is 19.3 Å². The summed E-state index contributed by atoms with van der Waals surface area (Å²) in [5.74, 6) is 0. The fraction of sp³-hybridized carbons (Fsp3) is 0.455. The minimum absolute atomic E-state index is 0.263. The molecule has 2 rings (SSSR count). The molecule has 16 heavy (non-hydrogen) atoms. The first kappa shape index (κ1) is 12.2. The molecule has 1 saturated carbocycles. The summed E-state index contributed by atoms with van der Waals surface area (Å²) in [7, 11) is -3.30. The third-order valence-corrected chi connectivity index (χ3v) is 6.13. The second-order valence-corrected chi connectivity index (χ2v) is 7.15. The van der Waals surface area contributed by atoms with Gasteiger partial charge in [0, 0.05) is 5.02 Å². The van der Waals surface area contributed by atoms with E-state index in [1.165, 1.54) is 0 Å². The largest absolute Gasteiger partial charge is 0.223 e. The summed E-state index contributed by atoms with van der Waals surface area (Å²) in [6.07, 6.45) is 2.31. The van der Waals surface area contributed by atoms with Crippen molar-refractivity contribution >= 4 is 33.0 Å². The number of alkyl halides is 1. The molecule has 1 aliphatic carbocycles. The van der Waals surface area contributed by atoms with Gasteiger partial charge in [-0.1, -0.05) is 18.0 Å². The molecular formula is C11H12Cl2O2S. The third kappa shape index (κ3) is 2.22. The van der Waals surface area contributed by atoms with Crippen molar-refractivity contribution in [2.24, 2.45) is 0 Å². The summed E-state index contributed by atoms with van der Waals surface area (Å²) in [5, 5.41) is -0.177. The summed E-state index contributed by atoms with van der Waals surface area (Å²) in [5.41, 5.74) is 0. The van der Waals surface area contributed by atoms with Crippen LogP contribution < -0.4 is 0 Å². The number of rotatable bonds is 2. The highest BCUT2D eigenvalue weighted by Crippen LogP contribution is 2.33. The van der Waals surface area contributed by atoms with Gasteiger partial charge in [0.25, 0.3) is 0 Å². The van der Waals surface area contributed by atoms with Gasteiger partial charge in [-0.3, -0.25) is 0 Å². The van der Waals surface area contributed by atoms with Crippen LogP contribution in [0.5, 0.6) is 0 Å². The van der Waals surface area contributed by atoms with Gasteiger partial charge in [0.2, 0.25) is 0 Å². The first-order valence-corrected chi connectivity index (χ1v) is 7.51. The van der Waals surface area contributed by atoms with Crippen LogP contribution in [-0.2, 0) is 9.84 Å². The van der Waals surface area contributed by atoms with Gasteiger partial charge in [-0.25, -0.2) is 8.42 Å². The van der Waals surface area contributed by atoms with E-state index in [-0.39, 0.29) is 5.38 Å². The van der Waals surface area contributed by atoms with E-state index in [2.05, 4.69) is 0 Å². The highest BCUT2D eigenvalue weighted by Gasteiger charge is 2.37. The molecule has 0 saturated heterocycles. The molecule has 88 valence electrons. The van der Waals surface area contributed by atoms with Crippen LogP contribution in [0.2, 0.25) is 5.02 Å². The lowest BCUT2D eigenvalue weighted by Crippen LogP contribution is -2.25. The lowest BCUT2D eigenvalue weighted by atomic mass is 10.4. The molecule has 2 atom stereocenters. The van der Waals surface area contributed by atoms with Crippen molar-refractivity contribution in [3.05, 3.63) is 29.3 Å². The van der Waals surface area contributed by atoms with Crippen LogP contribution in [0, 0.1) is 0 Å². The van der Waals surface area contributed by atoms with Gasteiger partial charge < -0.3 is 0 Å². The molecule has 0 radical (unpaired) electrons. The Morgan fingerprint density at radius 1 is 1.12 bits per heavy atom. The number of sulfone groups is 1. The van der Waals surface area contributed by atoms with Gasteiger partial charge in [-0.05, 0) is 37.1 Å². The van der Waals surface area contributed by atoms with Crippen molar-refractivity contribution < 1.29 is 8.42 Å². The van der Waals surface area contributed by atoms with Crippen molar-refractivity contribution in [1.82, 2.24) is 0 Å². The number of hydrogen-bond donors (Lipinski definition) is 0. The van der Waals surface area contributed by atoms with Gasteiger partial charge in [-0.15, -0.1) is 11.6 Å². The van der Waals surface area contributed by atoms with Gasteiger partial charge in [0.05, 0.1) is 15.5 Å². The summed E-state index contributed by atoms with van der Waals surface area (Å²) in [6, 6.07) is 6.26. The minimum Gasteiger partial charge on any atom is -0.223 e. The molecule has 1 aromatic rings. The summed E-state index contributed by atoms with van der Waals surface area (Å²) in [6.45, 7) is 0. The van der Waals surface area contributed by atoms with Gasteiger partial charge in [0.15, 0.2) is 9.84 Å². The number of halogens is 2. The fourth-order valence-electron chi connectivity index (χ4n) is 2.03. The summed E-state index contributed by atoms with van der Waals surface area (Å²) >= 11 is 11.8. The van der Waals surface area contributed by atoms with Crippen molar-refractivity contribution in [2.45, 2.75) is 34.8 Å². The first-order valence-electron chi connectivity index (χ1n) is 5.15. The monoisotopic (exact) mass is 278 g/mol. The molecule has 0 heterocycles. The van der Waals surface area contributed by atoms with E-state index in [0.29, 0.717) is 16.3 Å². The third-order valence-electron chi connectivity index (χ3n) is 2.91. The van der Waals surface area contributed by atoms with E-state index < -0.39 is 15.1 Å². The van der Waals surface area contributed by atoms with E-state index in [4.69, 9.17) is 23.2 Å². The van der Waals surface area contributed by atoms with E-state index in [1.807, 2.05) is 0 Å². The molecule has 1 aliphatic rings. The van der Waals surface area contributed by atoms with Crippen molar-refractivity contribution in [2.75, 3.05) is 0 Å². The predicted molar refractivity (Wildman–Crippen MR) is 65.9 cm³/mol. The van der Waals surface area contributed by atoms with Gasteiger partial charge in [-0.2, -0.15) is 0 Å². The predicted octanol–water partition coefficient (Wildman–Crippen LogP) is 3.27. The maximum atomic E-state index is 12.2. The normalized spacial score (nSPS) is 25.9. The maximum Gasteiger partial charge on any atom is 0.182 e. The molecule has 0 aromatic heterocycles. The Morgan fingerprint density at radius 2 is 1.75 bits per heavy atom. The average molecular weight is 279 g/mol. The summed E-state index contributed by atoms with van der Waals surface area (Å²) < 4.78 is 24.5. The van der Waals surface area contributed by atoms with E-state index in [1.54, 1.807) is 24.3 Å². The minimum atomic E-state index is -3.30. The molecule has 0 aliphatic heterocycles. The van der Waals surface area contributed by atoms with Gasteiger partial charge >= 0.3 is 0 Å². The molecule has 1 fully saturated rings. The molecule has 2 nitrogen and oxygen atoms in total. The molecule has 1 aromatic carbocycles. The molecular weight excluding hydrogens is 267 g/mol. The second-order valence-electron chi connectivity index (χ2n) is 3.98. The van der Waals surface area contributed by atoms with Crippen LogP contribution in [0.4, 0.5) is 0 Å². The lowest BCUT2D eigenvalue weighted by molar-refractivity contribution is 0.580. The lowest BCUT2D eigenvalue weighted by Gasteiger charge is -2.14. The van der Waals surface area contributed by atoms with Crippen molar-refractivity contribution in [3.8, 4) is 0 Å². The van der Waals surface area contributed by atoms with Gasteiger partial charge in [0.1, 0.15) is 0 Å². The smallest absolute Gasteiger partial charge is 0.182 e. The molecule has 0 bridgehead atoms. The van der Waals surface area contributed by atoms with Crippen molar-refractivity contribution in [1.29, 1.82) is 0 Å². The zero-order valence-corrected chi connectivity index (χ0v) is 10.9. The fourth-order valence-corrected chi connectivity index (χ4v) is 4.71. The summed E-state index contributed by atoms with van der Waals surface area (Å²) in [4.78, 5) is 0.314. The standard InChI is InChI=1S/C11H12Cl2O2S/c12-8-4-6-9(7-5-8)16(14,15)11-3-1-2-10(11)13/h4-7,10-11H,1-3H2/t10-,11-/m1/s1. The first-order chi connectivity index (χ1) is 7.51. The zero-order chi connectivity index (χ0) is 11.8. The van der Waals surface area contributed by atoms with Crippen LogP contribution in [-0.4, -0.2) is 19.0 Å². The molecule has 0 N–H and O–H groups in total. The zero-order valence-electron chi connectivity index (χ0n) is 8.57. The van der Waals surface area contributed by atoms with Crippen LogP contribution in [0.25, 0.3) is 0 Å². The van der Waals surface area contributed by atoms with E-state index >= 15 is 0 Å². The Kier molecular flexibility index (Phi) is 3.48. The molecule has 0 unspecified atom stereocenters. The Bertz CT molecular complexity index is 467. The van der Waals surface area contributed by atoms with E-state index in [9.17, 15) is 8.42 Å². The van der Waals surface area contributed by atoms with Crippen LogP contribution in [0.15, 0.2) is 29.2 Å². The van der Waals surface area contributed by atoms with Crippen molar-refractivity contribution in [3.63, 3.8) is 0 Å². The van der Waals surface area contributed by atoms with Crippen LogP contribution >= 0.6 is 23.2 Å². The molecule has 5 heteroatoms.